The summed E-state index contributed by atoms with van der Waals surface area (Å²) >= 11 is 3.07. The van der Waals surface area contributed by atoms with Gasteiger partial charge >= 0.3 is 0 Å². The molecule has 0 spiro atoms. The molecule has 0 bridgehead atoms. The van der Waals surface area contributed by atoms with Crippen molar-refractivity contribution in [2.24, 2.45) is 0 Å². The van der Waals surface area contributed by atoms with Gasteiger partial charge in [0, 0.05) is 6.07 Å². The van der Waals surface area contributed by atoms with Gasteiger partial charge < -0.3 is 4.43 Å². The van der Waals surface area contributed by atoms with E-state index in [0.717, 1.165) is 6.07 Å². The lowest BCUT2D eigenvalue weighted by Crippen LogP contribution is -2.30. The van der Waals surface area contributed by atoms with Crippen LogP contribution in [0.3, 0.4) is 0 Å². The minimum absolute atomic E-state index is 0.102. The maximum atomic E-state index is 13.3. The number of halogens is 3. The Balaban J connectivity index is 3.09. The third kappa shape index (κ3) is 3.06. The predicted molar refractivity (Wildman–Crippen MR) is 58.0 cm³/mol. The van der Waals surface area contributed by atoms with Crippen LogP contribution in [0, 0.1) is 11.6 Å². The van der Waals surface area contributed by atoms with E-state index in [-0.39, 0.29) is 5.75 Å². The lowest BCUT2D eigenvalue weighted by molar-refractivity contribution is 0.483. The Morgan fingerprint density at radius 2 is 1.79 bits per heavy atom. The van der Waals surface area contributed by atoms with Crippen molar-refractivity contribution in [3.8, 4) is 5.75 Å². The summed E-state index contributed by atoms with van der Waals surface area (Å²) in [6.45, 7) is 5.80. The number of hydrogen-bond donors (Lipinski definition) is 0. The van der Waals surface area contributed by atoms with Gasteiger partial charge in [0.15, 0.2) is 11.6 Å². The summed E-state index contributed by atoms with van der Waals surface area (Å²) in [4.78, 5) is 0. The zero-order valence-corrected chi connectivity index (χ0v) is 10.8. The van der Waals surface area contributed by atoms with Crippen LogP contribution in [0.15, 0.2) is 16.6 Å². The molecule has 0 radical (unpaired) electrons. The van der Waals surface area contributed by atoms with Crippen molar-refractivity contribution in [1.29, 1.82) is 0 Å². The summed E-state index contributed by atoms with van der Waals surface area (Å²) in [5.41, 5.74) is 0. The second-order valence-corrected chi connectivity index (χ2v) is 9.20. The Morgan fingerprint density at radius 3 is 2.21 bits per heavy atom. The highest BCUT2D eigenvalue weighted by molar-refractivity contribution is 9.10. The molecule has 0 fully saturated rings. The fourth-order valence-corrected chi connectivity index (χ4v) is 2.39. The fourth-order valence-electron chi connectivity index (χ4n) is 0.933. The summed E-state index contributed by atoms with van der Waals surface area (Å²) in [6, 6.07) is 2.01. The van der Waals surface area contributed by atoms with Crippen LogP contribution in [0.4, 0.5) is 8.78 Å². The van der Waals surface area contributed by atoms with E-state index in [4.69, 9.17) is 4.43 Å². The number of rotatable bonds is 2. The van der Waals surface area contributed by atoms with Crippen molar-refractivity contribution >= 4 is 24.2 Å². The van der Waals surface area contributed by atoms with E-state index >= 15 is 0 Å². The molecule has 0 atom stereocenters. The highest BCUT2D eigenvalue weighted by atomic mass is 79.9. The molecule has 1 aromatic carbocycles. The normalized spacial score (nSPS) is 11.6. The molecule has 0 aliphatic heterocycles. The minimum Gasteiger partial charge on any atom is -0.542 e. The second-order valence-electron chi connectivity index (χ2n) is 3.91. The van der Waals surface area contributed by atoms with Crippen LogP contribution in [-0.4, -0.2) is 8.32 Å². The molecule has 0 aromatic heterocycles. The van der Waals surface area contributed by atoms with Crippen molar-refractivity contribution in [1.82, 2.24) is 0 Å². The van der Waals surface area contributed by atoms with Crippen LogP contribution in [0.25, 0.3) is 0 Å². The fraction of sp³-hybridized carbons (Fsp3) is 0.333. The topological polar surface area (TPSA) is 9.23 Å². The van der Waals surface area contributed by atoms with E-state index in [9.17, 15) is 8.78 Å². The molecular weight excluding hydrogens is 270 g/mol. The smallest absolute Gasteiger partial charge is 0.242 e. The molecular formula is C9H11BrF2OSi. The monoisotopic (exact) mass is 280 g/mol. The summed E-state index contributed by atoms with van der Waals surface area (Å²) in [7, 11) is -1.87. The third-order valence-electron chi connectivity index (χ3n) is 1.37. The van der Waals surface area contributed by atoms with Gasteiger partial charge in [-0.1, -0.05) is 0 Å². The molecule has 0 N–H and O–H groups in total. The van der Waals surface area contributed by atoms with E-state index in [2.05, 4.69) is 15.9 Å². The first-order chi connectivity index (χ1) is 6.29. The van der Waals surface area contributed by atoms with Crippen LogP contribution in [0.5, 0.6) is 5.75 Å². The average molecular weight is 281 g/mol. The quantitative estimate of drug-likeness (QED) is 0.746. The third-order valence-corrected chi connectivity index (χ3v) is 2.78. The van der Waals surface area contributed by atoms with E-state index in [1.165, 1.54) is 6.07 Å². The van der Waals surface area contributed by atoms with Crippen molar-refractivity contribution in [2.45, 2.75) is 19.6 Å². The van der Waals surface area contributed by atoms with Gasteiger partial charge in [0.05, 0.1) is 4.47 Å². The Kier molecular flexibility index (Phi) is 3.31. The molecule has 0 saturated carbocycles. The number of hydrogen-bond acceptors (Lipinski definition) is 1. The van der Waals surface area contributed by atoms with Gasteiger partial charge in [0.25, 0.3) is 0 Å². The maximum absolute atomic E-state index is 13.3. The summed E-state index contributed by atoms with van der Waals surface area (Å²) in [6.07, 6.45) is 0. The van der Waals surface area contributed by atoms with Crippen molar-refractivity contribution in [2.75, 3.05) is 0 Å². The molecule has 1 aromatic rings. The standard InChI is InChI=1S/C9H11BrF2OSi/c1-14(2,3)13-9-7(10)4-6(11)5-8(9)12/h4-5H,1-3H3. The lowest BCUT2D eigenvalue weighted by Gasteiger charge is -2.20. The molecule has 0 aliphatic carbocycles. The Hall–Kier alpha value is -0.423. The molecule has 1 nitrogen and oxygen atoms in total. The van der Waals surface area contributed by atoms with Crippen LogP contribution in [0.2, 0.25) is 19.6 Å². The molecule has 0 saturated heterocycles. The van der Waals surface area contributed by atoms with E-state index in [1.807, 2.05) is 19.6 Å². The average Bonchev–Trinajstić information content (AvgIpc) is 1.95. The Morgan fingerprint density at radius 1 is 1.21 bits per heavy atom. The lowest BCUT2D eigenvalue weighted by atomic mass is 10.3. The highest BCUT2D eigenvalue weighted by Crippen LogP contribution is 2.31. The van der Waals surface area contributed by atoms with Gasteiger partial charge in [-0.3, -0.25) is 0 Å². The van der Waals surface area contributed by atoms with Crippen LogP contribution in [0.1, 0.15) is 0 Å². The van der Waals surface area contributed by atoms with E-state index in [0.29, 0.717) is 4.47 Å². The summed E-state index contributed by atoms with van der Waals surface area (Å²) in [5, 5.41) is 0. The first-order valence-corrected chi connectivity index (χ1v) is 8.33. The minimum atomic E-state index is -1.87. The SMILES string of the molecule is C[Si](C)(C)Oc1c(F)cc(F)cc1Br. The Labute approximate surface area is 91.3 Å². The highest BCUT2D eigenvalue weighted by Gasteiger charge is 2.21. The molecule has 5 heteroatoms. The number of benzene rings is 1. The van der Waals surface area contributed by atoms with Crippen molar-refractivity contribution in [3.63, 3.8) is 0 Å². The summed E-state index contributed by atoms with van der Waals surface area (Å²) < 4.78 is 31.8. The van der Waals surface area contributed by atoms with Gasteiger partial charge in [-0.25, -0.2) is 8.78 Å². The molecule has 0 aliphatic rings. The zero-order valence-electron chi connectivity index (χ0n) is 8.20. The van der Waals surface area contributed by atoms with Gasteiger partial charge in [-0.2, -0.15) is 0 Å². The van der Waals surface area contributed by atoms with Gasteiger partial charge in [0.2, 0.25) is 8.32 Å². The molecule has 14 heavy (non-hydrogen) atoms. The molecule has 0 amide bonds. The van der Waals surface area contributed by atoms with Gasteiger partial charge in [-0.15, -0.1) is 0 Å². The zero-order chi connectivity index (χ0) is 10.9. The first-order valence-electron chi connectivity index (χ1n) is 4.13. The van der Waals surface area contributed by atoms with Crippen LogP contribution < -0.4 is 4.43 Å². The first kappa shape index (κ1) is 11.7. The largest absolute Gasteiger partial charge is 0.542 e. The molecule has 0 unspecified atom stereocenters. The summed E-state index contributed by atoms with van der Waals surface area (Å²) in [5.74, 6) is -1.18. The molecule has 78 valence electrons. The van der Waals surface area contributed by atoms with Crippen LogP contribution >= 0.6 is 15.9 Å². The van der Waals surface area contributed by atoms with Gasteiger partial charge in [-0.05, 0) is 41.6 Å². The van der Waals surface area contributed by atoms with E-state index in [1.54, 1.807) is 0 Å². The maximum Gasteiger partial charge on any atom is 0.242 e. The second kappa shape index (κ2) is 3.98. The Bertz CT molecular complexity index is 326. The van der Waals surface area contributed by atoms with Crippen molar-refractivity contribution in [3.05, 3.63) is 28.2 Å². The van der Waals surface area contributed by atoms with Crippen molar-refractivity contribution < 1.29 is 13.2 Å². The molecule has 0 heterocycles. The predicted octanol–water partition coefficient (Wildman–Crippen LogP) is 3.94. The van der Waals surface area contributed by atoms with Crippen LogP contribution in [-0.2, 0) is 0 Å². The molecule has 1 rings (SSSR count). The van der Waals surface area contributed by atoms with E-state index < -0.39 is 20.0 Å². The van der Waals surface area contributed by atoms with Gasteiger partial charge in [0.1, 0.15) is 5.82 Å².